The second-order valence-corrected chi connectivity index (χ2v) is 12.4. The fraction of sp³-hybridized carbons (Fsp3) is 0.895. The summed E-state index contributed by atoms with van der Waals surface area (Å²) in [7, 11) is 2.10. The van der Waals surface area contributed by atoms with E-state index >= 15 is 0 Å². The molecule has 0 spiro atoms. The van der Waals surface area contributed by atoms with Crippen LogP contribution in [0.15, 0.2) is 24.3 Å². The molecule has 0 saturated heterocycles. The molecular weight excluding hydrogens is 486 g/mol. The van der Waals surface area contributed by atoms with Crippen molar-refractivity contribution >= 4 is 0 Å². The minimum atomic E-state index is 0.532. The van der Waals surface area contributed by atoms with Crippen molar-refractivity contribution in [1.29, 1.82) is 0 Å². The summed E-state index contributed by atoms with van der Waals surface area (Å²) in [6.07, 6.45) is 47.8. The third kappa shape index (κ3) is 33.6. The monoisotopic (exact) mass is 562 g/mol. The first-order valence-electron chi connectivity index (χ1n) is 18.4. The lowest BCUT2D eigenvalue weighted by molar-refractivity contribution is 0.106. The van der Waals surface area contributed by atoms with E-state index in [-0.39, 0.29) is 0 Å². The van der Waals surface area contributed by atoms with E-state index in [0.717, 1.165) is 19.6 Å². The molecule has 1 atom stereocenters. The summed E-state index contributed by atoms with van der Waals surface area (Å²) in [6, 6.07) is 0.532. The van der Waals surface area contributed by atoms with Crippen molar-refractivity contribution in [3.8, 4) is 0 Å². The molecule has 1 N–H and O–H groups in total. The summed E-state index contributed by atoms with van der Waals surface area (Å²) in [5.41, 5.74) is 0. The van der Waals surface area contributed by atoms with Crippen LogP contribution in [0.25, 0.3) is 0 Å². The molecular formula is C38H75NO. The van der Waals surface area contributed by atoms with E-state index in [2.05, 4.69) is 50.5 Å². The van der Waals surface area contributed by atoms with E-state index in [0.29, 0.717) is 6.04 Å². The van der Waals surface area contributed by atoms with Crippen molar-refractivity contribution in [1.82, 2.24) is 5.32 Å². The number of nitrogens with one attached hydrogen (secondary N) is 1. The van der Waals surface area contributed by atoms with Crippen molar-refractivity contribution < 1.29 is 4.74 Å². The zero-order valence-electron chi connectivity index (χ0n) is 28.0. The fourth-order valence-corrected chi connectivity index (χ4v) is 5.49. The Bertz CT molecular complexity index is 500. The Morgan fingerprint density at radius 3 is 1.38 bits per heavy atom. The number of ether oxygens (including phenoxy) is 1. The average molecular weight is 562 g/mol. The van der Waals surface area contributed by atoms with Crippen LogP contribution >= 0.6 is 0 Å². The molecule has 0 unspecified atom stereocenters. The van der Waals surface area contributed by atoms with Crippen LogP contribution in [-0.2, 0) is 4.74 Å². The van der Waals surface area contributed by atoms with E-state index in [1.807, 2.05) is 0 Å². The molecule has 0 bridgehead atoms. The summed E-state index contributed by atoms with van der Waals surface area (Å²) in [6.45, 7) is 6.40. The smallest absolute Gasteiger partial charge is 0.0619 e. The third-order valence-corrected chi connectivity index (χ3v) is 8.37. The Labute approximate surface area is 254 Å². The van der Waals surface area contributed by atoms with Gasteiger partial charge in [-0.1, -0.05) is 173 Å². The van der Waals surface area contributed by atoms with Crippen LogP contribution in [0.1, 0.15) is 194 Å². The van der Waals surface area contributed by atoms with Gasteiger partial charge in [0, 0.05) is 12.6 Å². The fourth-order valence-electron chi connectivity index (χ4n) is 5.49. The highest BCUT2D eigenvalue weighted by Crippen LogP contribution is 2.14. The number of hydrogen-bond donors (Lipinski definition) is 1. The van der Waals surface area contributed by atoms with Crippen LogP contribution in [0.3, 0.4) is 0 Å². The third-order valence-electron chi connectivity index (χ3n) is 8.37. The molecule has 0 aromatic heterocycles. The predicted molar refractivity (Wildman–Crippen MR) is 183 cm³/mol. The highest BCUT2D eigenvalue weighted by molar-refractivity contribution is 4.92. The topological polar surface area (TPSA) is 21.3 Å². The van der Waals surface area contributed by atoms with Gasteiger partial charge >= 0.3 is 0 Å². The maximum atomic E-state index is 6.01. The normalized spacial score (nSPS) is 12.8. The first-order chi connectivity index (χ1) is 19.8. The SMILES string of the molecule is CCCCC/C=C\C/C=C\CCCCCCCCC[C@H](COCCCCCCCCCCCCCCCC)NC. The predicted octanol–water partition coefficient (Wildman–Crippen LogP) is 12.7. The Morgan fingerprint density at radius 2 is 0.875 bits per heavy atom. The van der Waals surface area contributed by atoms with Crippen LogP contribution in [0, 0.1) is 0 Å². The quantitative estimate of drug-likeness (QED) is 0.0623. The molecule has 2 nitrogen and oxygen atoms in total. The van der Waals surface area contributed by atoms with Crippen LogP contribution < -0.4 is 5.32 Å². The van der Waals surface area contributed by atoms with E-state index in [1.54, 1.807) is 0 Å². The van der Waals surface area contributed by atoms with E-state index in [9.17, 15) is 0 Å². The van der Waals surface area contributed by atoms with Crippen molar-refractivity contribution in [3.63, 3.8) is 0 Å². The maximum Gasteiger partial charge on any atom is 0.0619 e. The molecule has 0 aliphatic rings. The highest BCUT2D eigenvalue weighted by atomic mass is 16.5. The van der Waals surface area contributed by atoms with Gasteiger partial charge in [0.2, 0.25) is 0 Å². The van der Waals surface area contributed by atoms with Gasteiger partial charge in [-0.15, -0.1) is 0 Å². The van der Waals surface area contributed by atoms with Crippen molar-refractivity contribution in [2.45, 2.75) is 200 Å². The van der Waals surface area contributed by atoms with Gasteiger partial charge in [-0.05, 0) is 52.0 Å². The van der Waals surface area contributed by atoms with Crippen molar-refractivity contribution in [2.75, 3.05) is 20.3 Å². The standard InChI is InChI=1S/C38H75NO/c1-4-6-8-10-12-14-16-18-20-21-22-23-25-27-29-31-33-35-38(39-3)37-40-36-34-32-30-28-26-24-19-17-15-13-11-9-7-5-2/h12,14,18,20,38-39H,4-11,13,15-17,19,21-37H2,1-3H3/b14-12-,20-18-/t38-/m1/s1. The minimum Gasteiger partial charge on any atom is -0.380 e. The molecule has 40 heavy (non-hydrogen) atoms. The molecule has 0 rings (SSSR count). The lowest BCUT2D eigenvalue weighted by atomic mass is 10.0. The largest absolute Gasteiger partial charge is 0.380 e. The Balaban J connectivity index is 3.32. The van der Waals surface area contributed by atoms with Crippen LogP contribution in [-0.4, -0.2) is 26.3 Å². The number of allylic oxidation sites excluding steroid dienone is 4. The molecule has 0 amide bonds. The summed E-state index contributed by atoms with van der Waals surface area (Å²) in [5, 5.41) is 3.47. The van der Waals surface area contributed by atoms with E-state index < -0.39 is 0 Å². The summed E-state index contributed by atoms with van der Waals surface area (Å²) in [5.74, 6) is 0. The first kappa shape index (κ1) is 39.4. The minimum absolute atomic E-state index is 0.532. The summed E-state index contributed by atoms with van der Waals surface area (Å²) in [4.78, 5) is 0. The molecule has 0 fully saturated rings. The Morgan fingerprint density at radius 1 is 0.475 bits per heavy atom. The molecule has 238 valence electrons. The molecule has 0 heterocycles. The van der Waals surface area contributed by atoms with Crippen LogP contribution in [0.4, 0.5) is 0 Å². The summed E-state index contributed by atoms with van der Waals surface area (Å²) >= 11 is 0. The number of likely N-dealkylation sites (N-methyl/N-ethyl adjacent to an activating group) is 1. The Hall–Kier alpha value is -0.600. The maximum absolute atomic E-state index is 6.01. The lowest BCUT2D eigenvalue weighted by Crippen LogP contribution is -2.30. The summed E-state index contributed by atoms with van der Waals surface area (Å²) < 4.78 is 6.01. The second-order valence-electron chi connectivity index (χ2n) is 12.4. The zero-order chi connectivity index (χ0) is 29.0. The average Bonchev–Trinajstić information content (AvgIpc) is 2.97. The molecule has 0 aromatic carbocycles. The van der Waals surface area contributed by atoms with Gasteiger partial charge < -0.3 is 10.1 Å². The van der Waals surface area contributed by atoms with Gasteiger partial charge in [-0.3, -0.25) is 0 Å². The molecule has 0 saturated carbocycles. The van der Waals surface area contributed by atoms with Gasteiger partial charge in [0.15, 0.2) is 0 Å². The highest BCUT2D eigenvalue weighted by Gasteiger charge is 2.06. The molecule has 2 heteroatoms. The molecule has 0 aliphatic carbocycles. The number of unbranched alkanes of at least 4 members (excludes halogenated alkanes) is 23. The van der Waals surface area contributed by atoms with E-state index in [1.165, 1.54) is 173 Å². The van der Waals surface area contributed by atoms with E-state index in [4.69, 9.17) is 4.74 Å². The lowest BCUT2D eigenvalue weighted by Gasteiger charge is -2.16. The van der Waals surface area contributed by atoms with Gasteiger partial charge in [-0.25, -0.2) is 0 Å². The van der Waals surface area contributed by atoms with Crippen molar-refractivity contribution in [3.05, 3.63) is 24.3 Å². The van der Waals surface area contributed by atoms with Crippen LogP contribution in [0.2, 0.25) is 0 Å². The first-order valence-corrected chi connectivity index (χ1v) is 18.4. The van der Waals surface area contributed by atoms with Gasteiger partial charge in [0.25, 0.3) is 0 Å². The zero-order valence-corrected chi connectivity index (χ0v) is 28.0. The van der Waals surface area contributed by atoms with Gasteiger partial charge in [0.05, 0.1) is 6.61 Å². The van der Waals surface area contributed by atoms with Gasteiger partial charge in [0.1, 0.15) is 0 Å². The number of rotatable bonds is 34. The molecule has 0 aromatic rings. The Kier molecular flexibility index (Phi) is 35.9. The van der Waals surface area contributed by atoms with Crippen LogP contribution in [0.5, 0.6) is 0 Å². The number of hydrogen-bond acceptors (Lipinski definition) is 2. The second kappa shape index (κ2) is 36.4. The van der Waals surface area contributed by atoms with Gasteiger partial charge in [-0.2, -0.15) is 0 Å². The molecule has 0 aliphatic heterocycles. The molecule has 0 radical (unpaired) electrons. The van der Waals surface area contributed by atoms with Crippen molar-refractivity contribution in [2.24, 2.45) is 0 Å².